The Morgan fingerprint density at radius 2 is 1.31 bits per heavy atom. The fourth-order valence-electron chi connectivity index (χ4n) is 3.35. The van der Waals surface area contributed by atoms with E-state index in [1.807, 2.05) is 0 Å². The number of aliphatic hydroxyl groups excluding tert-OH is 1. The molecule has 0 aromatic heterocycles. The molecule has 2 aromatic rings. The number of nitrogens with two attached hydrogens (primary N) is 1. The Hall–Kier alpha value is -3.96. The van der Waals surface area contributed by atoms with E-state index < -0.39 is 54.0 Å². The zero-order valence-electron chi connectivity index (χ0n) is 20.0. The van der Waals surface area contributed by atoms with Gasteiger partial charge in [0.2, 0.25) is 17.7 Å². The van der Waals surface area contributed by atoms with Gasteiger partial charge in [0.15, 0.2) is 0 Å². The van der Waals surface area contributed by atoms with Crippen LogP contribution in [0.3, 0.4) is 0 Å². The fraction of sp³-hybridized carbons (Fsp3) is 0.360. The number of aliphatic hydroxyl groups is 1. The first-order chi connectivity index (χ1) is 17.0. The molecule has 3 amide bonds. The van der Waals surface area contributed by atoms with Crippen molar-refractivity contribution >= 4 is 23.7 Å². The lowest BCUT2D eigenvalue weighted by molar-refractivity contribution is -0.143. The van der Waals surface area contributed by atoms with Crippen LogP contribution < -0.4 is 21.7 Å². The molecule has 5 atom stereocenters. The maximum atomic E-state index is 13.1. The quantitative estimate of drug-likeness (QED) is 0.202. The summed E-state index contributed by atoms with van der Waals surface area (Å²) >= 11 is 0. The van der Waals surface area contributed by atoms with E-state index in [9.17, 15) is 34.5 Å². The minimum Gasteiger partial charge on any atom is -0.508 e. The Labute approximate surface area is 208 Å². The smallest absolute Gasteiger partial charge is 0.326 e. The summed E-state index contributed by atoms with van der Waals surface area (Å²) in [7, 11) is 0. The van der Waals surface area contributed by atoms with E-state index in [1.54, 1.807) is 30.3 Å². The van der Waals surface area contributed by atoms with Gasteiger partial charge in [-0.3, -0.25) is 14.4 Å². The molecule has 0 fully saturated rings. The minimum atomic E-state index is -1.50. The van der Waals surface area contributed by atoms with Gasteiger partial charge in [-0.1, -0.05) is 42.5 Å². The number of aliphatic carboxylic acids is 1. The number of hydrogen-bond donors (Lipinski definition) is 7. The van der Waals surface area contributed by atoms with Gasteiger partial charge in [0.05, 0.1) is 12.1 Å². The van der Waals surface area contributed by atoms with Crippen molar-refractivity contribution in [1.82, 2.24) is 16.0 Å². The maximum Gasteiger partial charge on any atom is 0.326 e. The molecule has 0 radical (unpaired) electrons. The predicted molar refractivity (Wildman–Crippen MR) is 131 cm³/mol. The van der Waals surface area contributed by atoms with Gasteiger partial charge in [-0.2, -0.15) is 0 Å². The number of carbonyl (C=O) groups is 4. The molecule has 0 bridgehead atoms. The standard InChI is InChI=1S/C25H32N4O7/c1-14(26)22(32)27-19(12-16-6-4-3-5-7-16)23(33)29-21(15(2)30)24(34)28-20(25(35)36)13-17-8-10-18(31)11-9-17/h3-11,14-15,19-21,30-31H,12-13,26H2,1-2H3,(H,27,32)(H,28,34)(H,29,33)(H,35,36). The summed E-state index contributed by atoms with van der Waals surface area (Å²) in [6, 6.07) is 9.81. The van der Waals surface area contributed by atoms with Crippen LogP contribution in [0.5, 0.6) is 5.75 Å². The monoisotopic (exact) mass is 500 g/mol. The molecule has 0 aliphatic heterocycles. The Morgan fingerprint density at radius 1 is 0.778 bits per heavy atom. The average molecular weight is 501 g/mol. The number of carbonyl (C=O) groups excluding carboxylic acids is 3. The van der Waals surface area contributed by atoms with Crippen molar-refractivity contribution in [2.24, 2.45) is 5.73 Å². The molecule has 2 aromatic carbocycles. The van der Waals surface area contributed by atoms with Gasteiger partial charge >= 0.3 is 5.97 Å². The Kier molecular flexibility index (Phi) is 10.4. The Balaban J connectivity index is 2.16. The van der Waals surface area contributed by atoms with Crippen LogP contribution in [0.2, 0.25) is 0 Å². The molecule has 0 aliphatic rings. The molecular formula is C25H32N4O7. The molecule has 0 heterocycles. The van der Waals surface area contributed by atoms with Crippen molar-refractivity contribution < 1.29 is 34.5 Å². The summed E-state index contributed by atoms with van der Waals surface area (Å²) in [5.74, 6) is -3.56. The second-order valence-corrected chi connectivity index (χ2v) is 8.54. The lowest BCUT2D eigenvalue weighted by Gasteiger charge is -2.26. The molecular weight excluding hydrogens is 468 g/mol. The van der Waals surface area contributed by atoms with Gasteiger partial charge in [0.1, 0.15) is 23.9 Å². The molecule has 2 rings (SSSR count). The molecule has 194 valence electrons. The molecule has 0 saturated heterocycles. The molecule has 11 nitrogen and oxygen atoms in total. The number of hydrogen-bond acceptors (Lipinski definition) is 7. The minimum absolute atomic E-state index is 0.00715. The number of aromatic hydroxyl groups is 1. The Bertz CT molecular complexity index is 1040. The van der Waals surface area contributed by atoms with Crippen molar-refractivity contribution in [1.29, 1.82) is 0 Å². The lowest BCUT2D eigenvalue weighted by atomic mass is 10.0. The first kappa shape index (κ1) is 28.3. The van der Waals surface area contributed by atoms with Gasteiger partial charge in [-0.15, -0.1) is 0 Å². The van der Waals surface area contributed by atoms with E-state index in [-0.39, 0.29) is 18.6 Å². The van der Waals surface area contributed by atoms with Crippen LogP contribution in [0.15, 0.2) is 54.6 Å². The van der Waals surface area contributed by atoms with Crippen LogP contribution in [0, 0.1) is 0 Å². The van der Waals surface area contributed by atoms with Crippen LogP contribution in [0.4, 0.5) is 0 Å². The number of nitrogens with one attached hydrogen (secondary N) is 3. The largest absolute Gasteiger partial charge is 0.508 e. The Morgan fingerprint density at radius 3 is 1.83 bits per heavy atom. The summed E-state index contributed by atoms with van der Waals surface area (Å²) in [6.45, 7) is 2.73. The van der Waals surface area contributed by atoms with Crippen molar-refractivity contribution in [3.63, 3.8) is 0 Å². The van der Waals surface area contributed by atoms with Crippen molar-refractivity contribution in [2.45, 2.75) is 57.0 Å². The van der Waals surface area contributed by atoms with Gasteiger partial charge < -0.3 is 37.0 Å². The summed E-state index contributed by atoms with van der Waals surface area (Å²) < 4.78 is 0. The highest BCUT2D eigenvalue weighted by Gasteiger charge is 2.32. The third-order valence-electron chi connectivity index (χ3n) is 5.38. The van der Waals surface area contributed by atoms with Crippen molar-refractivity contribution in [3.05, 3.63) is 65.7 Å². The second-order valence-electron chi connectivity index (χ2n) is 8.54. The van der Waals surface area contributed by atoms with Crippen LogP contribution in [0.1, 0.15) is 25.0 Å². The normalized spacial score (nSPS) is 15.0. The van der Waals surface area contributed by atoms with Crippen LogP contribution in [-0.4, -0.2) is 69.3 Å². The number of carboxylic acids is 1. The number of phenols is 1. The fourth-order valence-corrected chi connectivity index (χ4v) is 3.35. The average Bonchev–Trinajstić information content (AvgIpc) is 2.82. The van der Waals surface area contributed by atoms with E-state index in [0.717, 1.165) is 5.56 Å². The van der Waals surface area contributed by atoms with Crippen LogP contribution >= 0.6 is 0 Å². The third-order valence-corrected chi connectivity index (χ3v) is 5.38. The molecule has 8 N–H and O–H groups in total. The number of benzene rings is 2. The zero-order chi connectivity index (χ0) is 26.8. The molecule has 5 unspecified atom stereocenters. The molecule has 0 saturated carbocycles. The van der Waals surface area contributed by atoms with E-state index in [4.69, 9.17) is 5.73 Å². The highest BCUT2D eigenvalue weighted by Crippen LogP contribution is 2.12. The highest BCUT2D eigenvalue weighted by atomic mass is 16.4. The highest BCUT2D eigenvalue weighted by molar-refractivity contribution is 5.94. The number of amides is 3. The molecule has 11 heteroatoms. The molecule has 0 aliphatic carbocycles. The number of rotatable bonds is 12. The zero-order valence-corrected chi connectivity index (χ0v) is 20.0. The predicted octanol–water partition coefficient (Wildman–Crippen LogP) is -0.556. The topological polar surface area (TPSA) is 191 Å². The van der Waals surface area contributed by atoms with E-state index in [2.05, 4.69) is 16.0 Å². The second kappa shape index (κ2) is 13.2. The lowest BCUT2D eigenvalue weighted by Crippen LogP contribution is -2.60. The summed E-state index contributed by atoms with van der Waals surface area (Å²) in [6.07, 6.45) is -1.38. The van der Waals surface area contributed by atoms with Gasteiger partial charge in [0, 0.05) is 12.8 Å². The van der Waals surface area contributed by atoms with E-state index >= 15 is 0 Å². The molecule has 0 spiro atoms. The number of carboxylic acid groups (broad SMARTS) is 1. The SMILES string of the molecule is CC(N)C(=O)NC(Cc1ccccc1)C(=O)NC(C(=O)NC(Cc1ccc(O)cc1)C(=O)O)C(C)O. The molecule has 36 heavy (non-hydrogen) atoms. The first-order valence-corrected chi connectivity index (χ1v) is 11.4. The van der Waals surface area contributed by atoms with E-state index in [1.165, 1.54) is 38.1 Å². The van der Waals surface area contributed by atoms with Crippen molar-refractivity contribution in [2.75, 3.05) is 0 Å². The van der Waals surface area contributed by atoms with Crippen LogP contribution in [0.25, 0.3) is 0 Å². The van der Waals surface area contributed by atoms with Crippen molar-refractivity contribution in [3.8, 4) is 5.75 Å². The van der Waals surface area contributed by atoms with E-state index in [0.29, 0.717) is 5.56 Å². The summed E-state index contributed by atoms with van der Waals surface area (Å²) in [5.41, 5.74) is 6.89. The summed E-state index contributed by atoms with van der Waals surface area (Å²) in [4.78, 5) is 49.9. The van der Waals surface area contributed by atoms with Gasteiger partial charge in [-0.05, 0) is 37.1 Å². The maximum absolute atomic E-state index is 13.1. The van der Waals surface area contributed by atoms with Gasteiger partial charge in [-0.25, -0.2) is 4.79 Å². The third kappa shape index (κ3) is 8.67. The van der Waals surface area contributed by atoms with Crippen LogP contribution in [-0.2, 0) is 32.0 Å². The number of phenolic OH excluding ortho intramolecular Hbond substituents is 1. The summed E-state index contributed by atoms with van der Waals surface area (Å²) in [5, 5.41) is 36.4. The first-order valence-electron chi connectivity index (χ1n) is 11.4. The van der Waals surface area contributed by atoms with Gasteiger partial charge in [0.25, 0.3) is 0 Å².